The maximum atomic E-state index is 13.2. The van der Waals surface area contributed by atoms with E-state index in [1.807, 2.05) is 36.4 Å². The van der Waals surface area contributed by atoms with Crippen molar-refractivity contribution in [2.45, 2.75) is 12.7 Å². The Kier molecular flexibility index (Phi) is 6.88. The first kappa shape index (κ1) is 22.7. The summed E-state index contributed by atoms with van der Waals surface area (Å²) < 4.78 is 44.1. The number of anilines is 1. The number of alkyl halides is 3. The topological polar surface area (TPSA) is 45.1 Å². The molecule has 1 saturated heterocycles. The van der Waals surface area contributed by atoms with Crippen molar-refractivity contribution < 1.29 is 22.7 Å². The van der Waals surface area contributed by atoms with Gasteiger partial charge >= 0.3 is 12.2 Å². The van der Waals surface area contributed by atoms with Gasteiger partial charge < -0.3 is 4.74 Å². The fourth-order valence-corrected chi connectivity index (χ4v) is 4.13. The SMILES string of the molecule is O=C1N(Cc2ccc(Oc3ccccc3)cc2)/C(=N\CC(F)(F)F)SCN1c1ccccc1. The molecule has 1 fully saturated rings. The molecule has 3 aromatic carbocycles. The summed E-state index contributed by atoms with van der Waals surface area (Å²) in [6, 6.07) is 24.9. The van der Waals surface area contributed by atoms with Gasteiger partial charge in [-0.1, -0.05) is 60.3 Å². The number of nitrogens with zero attached hydrogens (tertiary/aromatic N) is 3. The van der Waals surface area contributed by atoms with Crippen molar-refractivity contribution in [3.8, 4) is 11.5 Å². The molecule has 1 heterocycles. The molecule has 33 heavy (non-hydrogen) atoms. The highest BCUT2D eigenvalue weighted by atomic mass is 32.2. The van der Waals surface area contributed by atoms with Crippen LogP contribution in [0.4, 0.5) is 23.7 Å². The van der Waals surface area contributed by atoms with Crippen molar-refractivity contribution in [2.75, 3.05) is 17.3 Å². The average molecular weight is 472 g/mol. The molecular formula is C24H20F3N3O2S. The lowest BCUT2D eigenvalue weighted by molar-refractivity contribution is -0.118. The van der Waals surface area contributed by atoms with Gasteiger partial charge in [0.1, 0.15) is 18.0 Å². The van der Waals surface area contributed by atoms with Gasteiger partial charge in [-0.15, -0.1) is 0 Å². The number of amidine groups is 1. The molecule has 4 rings (SSSR count). The van der Waals surface area contributed by atoms with Crippen molar-refractivity contribution in [3.63, 3.8) is 0 Å². The van der Waals surface area contributed by atoms with Crippen LogP contribution in [0.3, 0.4) is 0 Å². The van der Waals surface area contributed by atoms with Crippen molar-refractivity contribution in [2.24, 2.45) is 4.99 Å². The number of urea groups is 1. The van der Waals surface area contributed by atoms with Crippen LogP contribution in [-0.4, -0.2) is 34.7 Å². The summed E-state index contributed by atoms with van der Waals surface area (Å²) in [7, 11) is 0. The third-order valence-electron chi connectivity index (χ3n) is 4.72. The molecule has 9 heteroatoms. The molecule has 0 N–H and O–H groups in total. The van der Waals surface area contributed by atoms with Gasteiger partial charge in [0.25, 0.3) is 0 Å². The Morgan fingerprint density at radius 3 is 2.12 bits per heavy atom. The first-order chi connectivity index (χ1) is 15.9. The van der Waals surface area contributed by atoms with Crippen LogP contribution in [-0.2, 0) is 6.54 Å². The van der Waals surface area contributed by atoms with Gasteiger partial charge in [-0.3, -0.25) is 14.8 Å². The summed E-state index contributed by atoms with van der Waals surface area (Å²) in [6.07, 6.45) is -4.45. The van der Waals surface area contributed by atoms with Crippen molar-refractivity contribution in [3.05, 3.63) is 90.5 Å². The Balaban J connectivity index is 1.54. The minimum Gasteiger partial charge on any atom is -0.457 e. The van der Waals surface area contributed by atoms with E-state index in [-0.39, 0.29) is 17.6 Å². The van der Waals surface area contributed by atoms with Crippen LogP contribution < -0.4 is 9.64 Å². The molecule has 0 atom stereocenters. The average Bonchev–Trinajstić information content (AvgIpc) is 2.81. The molecular weight excluding hydrogens is 451 g/mol. The smallest absolute Gasteiger partial charge is 0.408 e. The van der Waals surface area contributed by atoms with Gasteiger partial charge in [0.15, 0.2) is 5.17 Å². The lowest BCUT2D eigenvalue weighted by Gasteiger charge is -2.36. The van der Waals surface area contributed by atoms with Crippen LogP contribution in [0.1, 0.15) is 5.56 Å². The Morgan fingerprint density at radius 1 is 0.879 bits per heavy atom. The molecule has 0 bridgehead atoms. The van der Waals surface area contributed by atoms with E-state index in [0.717, 1.165) is 17.3 Å². The van der Waals surface area contributed by atoms with E-state index >= 15 is 0 Å². The number of amides is 2. The van der Waals surface area contributed by atoms with Crippen LogP contribution in [0, 0.1) is 0 Å². The number of hydrogen-bond donors (Lipinski definition) is 0. The minimum atomic E-state index is -4.45. The normalized spacial score (nSPS) is 15.7. The molecule has 0 spiro atoms. The van der Waals surface area contributed by atoms with Crippen molar-refractivity contribution >= 4 is 28.6 Å². The minimum absolute atomic E-state index is 0.0501. The number of benzene rings is 3. The number of aliphatic imine (C=N–C) groups is 1. The van der Waals surface area contributed by atoms with Crippen LogP contribution in [0.2, 0.25) is 0 Å². The Morgan fingerprint density at radius 2 is 1.48 bits per heavy atom. The van der Waals surface area contributed by atoms with E-state index in [9.17, 15) is 18.0 Å². The van der Waals surface area contributed by atoms with E-state index in [1.54, 1.807) is 48.5 Å². The monoisotopic (exact) mass is 471 g/mol. The molecule has 0 unspecified atom stereocenters. The van der Waals surface area contributed by atoms with E-state index in [2.05, 4.69) is 4.99 Å². The predicted molar refractivity (Wildman–Crippen MR) is 124 cm³/mol. The number of rotatable bonds is 6. The number of thioether (sulfide) groups is 1. The van der Waals surface area contributed by atoms with Gasteiger partial charge in [0.2, 0.25) is 0 Å². The van der Waals surface area contributed by atoms with Crippen LogP contribution in [0.5, 0.6) is 11.5 Å². The van der Waals surface area contributed by atoms with Gasteiger partial charge in [-0.25, -0.2) is 4.79 Å². The standard InChI is InChI=1S/C24H20F3N3O2S/c25-24(26,27)16-28-22-29(23(31)30(17-33-22)19-7-3-1-4-8-19)15-18-11-13-21(14-12-18)32-20-9-5-2-6-10-20/h1-14H,15-17H2/b28-22+. The number of carbonyl (C=O) groups excluding carboxylic acids is 1. The summed E-state index contributed by atoms with van der Waals surface area (Å²) in [6.45, 7) is -1.26. The molecule has 170 valence electrons. The lowest BCUT2D eigenvalue weighted by Crippen LogP contribution is -2.50. The summed E-state index contributed by atoms with van der Waals surface area (Å²) in [5.41, 5.74) is 1.40. The van der Waals surface area contributed by atoms with Gasteiger partial charge in [-0.2, -0.15) is 13.2 Å². The maximum absolute atomic E-state index is 13.2. The zero-order chi connectivity index (χ0) is 23.3. The fraction of sp³-hybridized carbons (Fsp3) is 0.167. The summed E-state index contributed by atoms with van der Waals surface area (Å²) in [5.74, 6) is 1.48. The van der Waals surface area contributed by atoms with E-state index < -0.39 is 18.8 Å². The molecule has 5 nitrogen and oxygen atoms in total. The Hall–Kier alpha value is -3.46. The Bertz CT molecular complexity index is 1110. The quantitative estimate of drug-likeness (QED) is 0.411. The summed E-state index contributed by atoms with van der Waals surface area (Å²) >= 11 is 1.10. The second-order valence-electron chi connectivity index (χ2n) is 7.18. The first-order valence-corrected chi connectivity index (χ1v) is 11.1. The van der Waals surface area contributed by atoms with Crippen LogP contribution in [0.25, 0.3) is 0 Å². The third-order valence-corrected chi connectivity index (χ3v) is 5.71. The van der Waals surface area contributed by atoms with E-state index in [4.69, 9.17) is 4.74 Å². The second-order valence-corrected chi connectivity index (χ2v) is 8.09. The highest BCUT2D eigenvalue weighted by Crippen LogP contribution is 2.29. The molecule has 0 radical (unpaired) electrons. The number of carbonyl (C=O) groups is 1. The highest BCUT2D eigenvalue weighted by molar-refractivity contribution is 8.14. The van der Waals surface area contributed by atoms with Crippen molar-refractivity contribution in [1.82, 2.24) is 4.90 Å². The maximum Gasteiger partial charge on any atom is 0.408 e. The second kappa shape index (κ2) is 9.99. The van der Waals surface area contributed by atoms with Crippen molar-refractivity contribution in [1.29, 1.82) is 0 Å². The summed E-state index contributed by atoms with van der Waals surface area (Å²) in [4.78, 5) is 19.7. The molecule has 1 aliphatic heterocycles. The van der Waals surface area contributed by atoms with Crippen LogP contribution in [0.15, 0.2) is 89.9 Å². The number of halogens is 3. The summed E-state index contributed by atoms with van der Waals surface area (Å²) in [5, 5.41) is 0.0501. The largest absolute Gasteiger partial charge is 0.457 e. The van der Waals surface area contributed by atoms with Gasteiger partial charge in [0.05, 0.1) is 12.4 Å². The number of para-hydroxylation sites is 2. The zero-order valence-corrected chi connectivity index (χ0v) is 18.2. The highest BCUT2D eigenvalue weighted by Gasteiger charge is 2.34. The molecule has 1 aliphatic rings. The lowest BCUT2D eigenvalue weighted by atomic mass is 10.2. The number of hydrogen-bond acceptors (Lipinski definition) is 4. The fourth-order valence-electron chi connectivity index (χ4n) is 3.17. The molecule has 0 saturated carbocycles. The van der Waals surface area contributed by atoms with E-state index in [0.29, 0.717) is 17.2 Å². The molecule has 0 aromatic heterocycles. The van der Waals surface area contributed by atoms with Gasteiger partial charge in [0, 0.05) is 5.69 Å². The predicted octanol–water partition coefficient (Wildman–Crippen LogP) is 6.53. The van der Waals surface area contributed by atoms with Crippen LogP contribution >= 0.6 is 11.8 Å². The van der Waals surface area contributed by atoms with E-state index in [1.165, 1.54) is 9.80 Å². The number of ether oxygens (including phenoxy) is 1. The molecule has 3 aromatic rings. The molecule has 0 aliphatic carbocycles. The molecule has 2 amide bonds. The first-order valence-electron chi connectivity index (χ1n) is 10.1. The van der Waals surface area contributed by atoms with Gasteiger partial charge in [-0.05, 0) is 42.0 Å². The zero-order valence-electron chi connectivity index (χ0n) is 17.4. The Labute approximate surface area is 193 Å². The third kappa shape index (κ3) is 6.07.